The van der Waals surface area contributed by atoms with Crippen molar-refractivity contribution in [3.05, 3.63) is 70.9 Å². The minimum Gasteiger partial charge on any atom is -0.494 e. The number of anilines is 3. The summed E-state index contributed by atoms with van der Waals surface area (Å²) in [7, 11) is 0. The monoisotopic (exact) mass is 441 g/mol. The normalized spacial score (nSPS) is 11.5. The first-order valence-electron chi connectivity index (χ1n) is 9.61. The van der Waals surface area contributed by atoms with Crippen LogP contribution in [-0.4, -0.2) is 21.7 Å². The fraction of sp³-hybridized carbons (Fsp3) is 0.227. The van der Waals surface area contributed by atoms with Crippen LogP contribution in [0.3, 0.4) is 0 Å². The smallest absolute Gasteiger partial charge is 0.231 e. The van der Waals surface area contributed by atoms with E-state index in [9.17, 15) is 0 Å². The summed E-state index contributed by atoms with van der Waals surface area (Å²) in [5.74, 6) is 1.92. The van der Waals surface area contributed by atoms with Crippen LogP contribution in [0.25, 0.3) is 0 Å². The largest absolute Gasteiger partial charge is 0.494 e. The highest BCUT2D eigenvalue weighted by Gasteiger charge is 2.09. The molecule has 0 aliphatic heterocycles. The molecule has 3 N–H and O–H groups in total. The Hall–Kier alpha value is -2.90. The number of benzene rings is 2. The fourth-order valence-corrected chi connectivity index (χ4v) is 3.20. The van der Waals surface area contributed by atoms with Gasteiger partial charge in [0.2, 0.25) is 5.95 Å². The summed E-state index contributed by atoms with van der Waals surface area (Å²) in [5, 5.41) is 10.7. The second-order valence-electron chi connectivity index (χ2n) is 6.67. The van der Waals surface area contributed by atoms with Crippen LogP contribution >= 0.6 is 23.8 Å². The Labute approximate surface area is 187 Å². The molecule has 8 heteroatoms. The molecule has 0 saturated carbocycles. The summed E-state index contributed by atoms with van der Waals surface area (Å²) in [6.07, 6.45) is 0. The van der Waals surface area contributed by atoms with E-state index in [2.05, 4.69) is 25.9 Å². The molecule has 156 valence electrons. The molecule has 1 atom stereocenters. The molecule has 6 nitrogen and oxygen atoms in total. The van der Waals surface area contributed by atoms with Gasteiger partial charge in [0, 0.05) is 22.5 Å². The summed E-state index contributed by atoms with van der Waals surface area (Å²) in [6.45, 7) is 6.52. The lowest BCUT2D eigenvalue weighted by molar-refractivity contribution is 0.340. The van der Waals surface area contributed by atoms with Gasteiger partial charge >= 0.3 is 0 Å². The SMILES string of the molecule is CCOc1ccc(Nc2cc(C)nc(NC(=S)N[C@H](C)c3ccc(Cl)cc3)n2)cc1. The molecular formula is C22H24ClN5OS. The van der Waals surface area contributed by atoms with Gasteiger partial charge in [-0.2, -0.15) is 4.98 Å². The van der Waals surface area contributed by atoms with Crippen LogP contribution in [0.4, 0.5) is 17.5 Å². The van der Waals surface area contributed by atoms with Gasteiger partial charge in [-0.25, -0.2) is 4.98 Å². The molecule has 0 amide bonds. The summed E-state index contributed by atoms with van der Waals surface area (Å²) < 4.78 is 5.47. The Balaban J connectivity index is 1.64. The number of aromatic nitrogens is 2. The lowest BCUT2D eigenvalue weighted by Crippen LogP contribution is -2.31. The Morgan fingerprint density at radius 3 is 2.47 bits per heavy atom. The summed E-state index contributed by atoms with van der Waals surface area (Å²) in [6, 6.07) is 17.2. The average Bonchev–Trinajstić information content (AvgIpc) is 2.69. The molecule has 1 aromatic heterocycles. The van der Waals surface area contributed by atoms with E-state index in [-0.39, 0.29) is 6.04 Å². The molecule has 0 unspecified atom stereocenters. The van der Waals surface area contributed by atoms with E-state index < -0.39 is 0 Å². The average molecular weight is 442 g/mol. The van der Waals surface area contributed by atoms with Gasteiger partial charge in [0.05, 0.1) is 12.6 Å². The van der Waals surface area contributed by atoms with E-state index in [0.29, 0.717) is 28.5 Å². The van der Waals surface area contributed by atoms with Crippen molar-refractivity contribution < 1.29 is 4.74 Å². The number of aryl methyl sites for hydroxylation is 1. The van der Waals surface area contributed by atoms with Crippen LogP contribution in [0.15, 0.2) is 54.6 Å². The predicted octanol–water partition coefficient (Wildman–Crippen LogP) is 5.63. The second kappa shape index (κ2) is 10.2. The maximum Gasteiger partial charge on any atom is 0.231 e. The van der Waals surface area contributed by atoms with E-state index in [4.69, 9.17) is 28.6 Å². The molecule has 0 aliphatic carbocycles. The minimum absolute atomic E-state index is 0.00789. The van der Waals surface area contributed by atoms with Crippen LogP contribution in [0, 0.1) is 6.92 Å². The highest BCUT2D eigenvalue weighted by Crippen LogP contribution is 2.20. The van der Waals surface area contributed by atoms with Crippen LogP contribution in [0.5, 0.6) is 5.75 Å². The number of ether oxygens (including phenoxy) is 1. The number of nitrogens with one attached hydrogen (secondary N) is 3. The Morgan fingerprint density at radius 1 is 1.10 bits per heavy atom. The van der Waals surface area contributed by atoms with E-state index in [1.54, 1.807) is 0 Å². The minimum atomic E-state index is 0.00789. The molecule has 0 fully saturated rings. The molecule has 30 heavy (non-hydrogen) atoms. The predicted molar refractivity (Wildman–Crippen MR) is 127 cm³/mol. The number of nitrogens with zero attached hydrogens (tertiary/aromatic N) is 2. The molecule has 2 aromatic carbocycles. The van der Waals surface area contributed by atoms with Gasteiger partial charge in [0.15, 0.2) is 5.11 Å². The molecule has 0 saturated heterocycles. The van der Waals surface area contributed by atoms with Gasteiger partial charge < -0.3 is 20.7 Å². The standard InChI is InChI=1S/C22H24ClN5OS/c1-4-29-19-11-9-18(10-12-19)26-20-13-14(2)24-21(27-20)28-22(30)25-15(3)16-5-7-17(23)8-6-16/h5-13,15H,4H2,1-3H3,(H3,24,25,26,27,28,30)/t15-/m1/s1. The van der Waals surface area contributed by atoms with Gasteiger partial charge in [-0.05, 0) is 75.0 Å². The summed E-state index contributed by atoms with van der Waals surface area (Å²) in [5.41, 5.74) is 2.79. The van der Waals surface area contributed by atoms with Crippen molar-refractivity contribution in [2.45, 2.75) is 26.8 Å². The van der Waals surface area contributed by atoms with Gasteiger partial charge in [-0.15, -0.1) is 0 Å². The summed E-state index contributed by atoms with van der Waals surface area (Å²) in [4.78, 5) is 8.93. The number of thiocarbonyl (C=S) groups is 1. The quantitative estimate of drug-likeness (QED) is 0.410. The van der Waals surface area contributed by atoms with Gasteiger partial charge in [-0.3, -0.25) is 0 Å². The maximum absolute atomic E-state index is 5.95. The number of rotatable bonds is 7. The van der Waals surface area contributed by atoms with Crippen molar-refractivity contribution in [3.8, 4) is 5.75 Å². The van der Waals surface area contributed by atoms with Crippen molar-refractivity contribution in [2.24, 2.45) is 0 Å². The molecule has 0 bridgehead atoms. The zero-order chi connectivity index (χ0) is 21.5. The number of hydrogen-bond donors (Lipinski definition) is 3. The van der Waals surface area contributed by atoms with Crippen molar-refractivity contribution in [2.75, 3.05) is 17.2 Å². The lowest BCUT2D eigenvalue weighted by Gasteiger charge is -2.17. The Morgan fingerprint density at radius 2 is 1.80 bits per heavy atom. The maximum atomic E-state index is 5.95. The van der Waals surface area contributed by atoms with Crippen LogP contribution in [0.1, 0.15) is 31.1 Å². The van der Waals surface area contributed by atoms with Crippen LogP contribution < -0.4 is 20.7 Å². The highest BCUT2D eigenvalue weighted by atomic mass is 35.5. The molecule has 0 radical (unpaired) electrons. The van der Waals surface area contributed by atoms with Gasteiger partial charge in [0.25, 0.3) is 0 Å². The van der Waals surface area contributed by atoms with Crippen molar-refractivity contribution in [1.29, 1.82) is 0 Å². The first-order chi connectivity index (χ1) is 14.4. The van der Waals surface area contributed by atoms with Crippen molar-refractivity contribution >= 4 is 46.4 Å². The molecule has 3 rings (SSSR count). The van der Waals surface area contributed by atoms with E-state index in [0.717, 1.165) is 22.7 Å². The number of hydrogen-bond acceptors (Lipinski definition) is 5. The van der Waals surface area contributed by atoms with Crippen molar-refractivity contribution in [1.82, 2.24) is 15.3 Å². The molecule has 1 heterocycles. The first-order valence-corrected chi connectivity index (χ1v) is 10.4. The molecule has 0 aliphatic rings. The molecule has 0 spiro atoms. The third-order valence-corrected chi connectivity index (χ3v) is 4.71. The first kappa shape index (κ1) is 21.8. The van der Waals surface area contributed by atoms with E-state index in [1.165, 1.54) is 0 Å². The third kappa shape index (κ3) is 6.30. The highest BCUT2D eigenvalue weighted by molar-refractivity contribution is 7.80. The van der Waals surface area contributed by atoms with Crippen LogP contribution in [0.2, 0.25) is 5.02 Å². The zero-order valence-corrected chi connectivity index (χ0v) is 18.6. The van der Waals surface area contributed by atoms with Crippen LogP contribution in [-0.2, 0) is 0 Å². The topological polar surface area (TPSA) is 71.1 Å². The van der Waals surface area contributed by atoms with Crippen molar-refractivity contribution in [3.63, 3.8) is 0 Å². The van der Waals surface area contributed by atoms with E-state index in [1.807, 2.05) is 75.4 Å². The third-order valence-electron chi connectivity index (χ3n) is 4.23. The Kier molecular flexibility index (Phi) is 7.43. The summed E-state index contributed by atoms with van der Waals surface area (Å²) >= 11 is 11.4. The zero-order valence-electron chi connectivity index (χ0n) is 17.1. The lowest BCUT2D eigenvalue weighted by atomic mass is 10.1. The van der Waals surface area contributed by atoms with Gasteiger partial charge in [0.1, 0.15) is 11.6 Å². The van der Waals surface area contributed by atoms with E-state index >= 15 is 0 Å². The molecular weight excluding hydrogens is 418 g/mol. The number of halogens is 1. The molecule has 3 aromatic rings. The Bertz CT molecular complexity index is 995. The second-order valence-corrected chi connectivity index (χ2v) is 7.52. The fourth-order valence-electron chi connectivity index (χ4n) is 2.81. The van der Waals surface area contributed by atoms with Gasteiger partial charge in [-0.1, -0.05) is 23.7 Å².